The fourth-order valence-corrected chi connectivity index (χ4v) is 4.09. The number of carbonyl (C=O) groups excluding carboxylic acids is 3. The molecule has 0 unspecified atom stereocenters. The highest BCUT2D eigenvalue weighted by atomic mass is 32.2. The first-order chi connectivity index (χ1) is 16.8. The highest BCUT2D eigenvalue weighted by Gasteiger charge is 2.19. The third kappa shape index (κ3) is 7.47. The minimum absolute atomic E-state index is 0.0121. The summed E-state index contributed by atoms with van der Waals surface area (Å²) in [6.07, 6.45) is 1.91. The van der Waals surface area contributed by atoms with Gasteiger partial charge in [0.05, 0.1) is 23.5 Å². The van der Waals surface area contributed by atoms with Gasteiger partial charge in [0.1, 0.15) is 5.69 Å². The van der Waals surface area contributed by atoms with Crippen LogP contribution in [0.1, 0.15) is 38.9 Å². The Hall–Kier alpha value is -4.05. The van der Waals surface area contributed by atoms with Crippen molar-refractivity contribution in [3.8, 4) is 0 Å². The molecule has 0 aliphatic heterocycles. The first-order valence-corrected chi connectivity index (χ1v) is 12.4. The van der Waals surface area contributed by atoms with Crippen molar-refractivity contribution in [2.75, 3.05) is 13.2 Å². The summed E-state index contributed by atoms with van der Waals surface area (Å²) in [6.45, 7) is 2.24. The summed E-state index contributed by atoms with van der Waals surface area (Å²) in [6, 6.07) is 18.0. The van der Waals surface area contributed by atoms with Gasteiger partial charge in [-0.1, -0.05) is 42.5 Å². The number of nitrogens with one attached hydrogen (secondary N) is 2. The topological polar surface area (TPSA) is 132 Å². The monoisotopic (exact) mass is 495 g/mol. The Morgan fingerprint density at radius 2 is 1.63 bits per heavy atom. The van der Waals surface area contributed by atoms with Gasteiger partial charge >= 0.3 is 5.97 Å². The van der Waals surface area contributed by atoms with Crippen molar-refractivity contribution in [2.24, 2.45) is 0 Å². The van der Waals surface area contributed by atoms with Crippen molar-refractivity contribution in [3.63, 3.8) is 0 Å². The Labute approximate surface area is 203 Å². The molecule has 2 amide bonds. The Morgan fingerprint density at radius 3 is 2.26 bits per heavy atom. The van der Waals surface area contributed by atoms with Gasteiger partial charge in [-0.2, -0.15) is 0 Å². The van der Waals surface area contributed by atoms with E-state index in [-0.39, 0.29) is 28.7 Å². The number of esters is 1. The molecule has 0 radical (unpaired) electrons. The van der Waals surface area contributed by atoms with Crippen LogP contribution in [0, 0.1) is 0 Å². The van der Waals surface area contributed by atoms with Gasteiger partial charge in [0, 0.05) is 12.7 Å². The summed E-state index contributed by atoms with van der Waals surface area (Å²) in [7, 11) is -4.12. The van der Waals surface area contributed by atoms with Crippen molar-refractivity contribution >= 4 is 27.8 Å². The molecule has 0 bridgehead atoms. The maximum atomic E-state index is 12.6. The molecule has 0 saturated carbocycles. The van der Waals surface area contributed by atoms with Gasteiger partial charge in [0.25, 0.3) is 15.9 Å². The van der Waals surface area contributed by atoms with E-state index in [1.165, 1.54) is 24.3 Å². The van der Waals surface area contributed by atoms with Crippen LogP contribution in [0.25, 0.3) is 0 Å². The molecule has 3 aromatic rings. The van der Waals surface area contributed by atoms with E-state index in [0.717, 1.165) is 17.3 Å². The standard InChI is InChI=1S/C25H25N3O6S/c1-2-34-25(31)22-13-10-20(17-27-22)24(30)28-35(32,33)21-11-8-18(9-12-21)14-15-26-23(29)16-19-6-4-3-5-7-19/h3-13,17H,2,14-16H2,1H3,(H,26,29)(H,28,30). The Balaban J connectivity index is 1.52. The van der Waals surface area contributed by atoms with Gasteiger partial charge in [0.2, 0.25) is 5.91 Å². The fourth-order valence-electron chi connectivity index (χ4n) is 3.12. The summed E-state index contributed by atoms with van der Waals surface area (Å²) in [5, 5.41) is 2.84. The minimum atomic E-state index is -4.12. The number of ether oxygens (including phenoxy) is 1. The first kappa shape index (κ1) is 25.6. The highest BCUT2D eigenvalue weighted by molar-refractivity contribution is 7.90. The zero-order valence-corrected chi connectivity index (χ0v) is 19.9. The van der Waals surface area contributed by atoms with E-state index < -0.39 is 21.9 Å². The number of benzene rings is 2. The second-order valence-electron chi connectivity index (χ2n) is 7.49. The lowest BCUT2D eigenvalue weighted by Gasteiger charge is -2.09. The summed E-state index contributed by atoms with van der Waals surface area (Å²) in [5.41, 5.74) is 1.74. The number of sulfonamides is 1. The van der Waals surface area contributed by atoms with Crippen LogP contribution in [0.5, 0.6) is 0 Å². The molecule has 9 nitrogen and oxygen atoms in total. The molecule has 1 heterocycles. The average Bonchev–Trinajstić information content (AvgIpc) is 2.85. The molecule has 182 valence electrons. The van der Waals surface area contributed by atoms with Crippen LogP contribution >= 0.6 is 0 Å². The normalized spacial score (nSPS) is 10.9. The number of aromatic nitrogens is 1. The third-order valence-electron chi connectivity index (χ3n) is 4.91. The molecule has 3 rings (SSSR count). The molecule has 2 N–H and O–H groups in total. The van der Waals surface area contributed by atoms with Crippen LogP contribution in [-0.4, -0.2) is 44.3 Å². The molecule has 35 heavy (non-hydrogen) atoms. The lowest BCUT2D eigenvalue weighted by atomic mass is 10.1. The number of hydrogen-bond acceptors (Lipinski definition) is 7. The van der Waals surface area contributed by atoms with E-state index in [9.17, 15) is 22.8 Å². The Kier molecular flexibility index (Phi) is 8.69. The lowest BCUT2D eigenvalue weighted by Crippen LogP contribution is -2.30. The molecular formula is C25H25N3O6S. The SMILES string of the molecule is CCOC(=O)c1ccc(C(=O)NS(=O)(=O)c2ccc(CCNC(=O)Cc3ccccc3)cc2)cn1. The summed E-state index contributed by atoms with van der Waals surface area (Å²) >= 11 is 0. The first-order valence-electron chi connectivity index (χ1n) is 10.9. The molecule has 2 aromatic carbocycles. The van der Waals surface area contributed by atoms with E-state index in [2.05, 4.69) is 10.3 Å². The van der Waals surface area contributed by atoms with Gasteiger partial charge in [-0.3, -0.25) is 9.59 Å². The molecule has 0 atom stereocenters. The van der Waals surface area contributed by atoms with Gasteiger partial charge in [0.15, 0.2) is 0 Å². The number of nitrogens with zero attached hydrogens (tertiary/aromatic N) is 1. The molecular weight excluding hydrogens is 470 g/mol. The summed E-state index contributed by atoms with van der Waals surface area (Å²) in [5.74, 6) is -1.61. The molecule has 0 aliphatic carbocycles. The van der Waals surface area contributed by atoms with Crippen molar-refractivity contribution in [1.29, 1.82) is 0 Å². The smallest absolute Gasteiger partial charge is 0.356 e. The van der Waals surface area contributed by atoms with E-state index in [1.54, 1.807) is 19.1 Å². The number of rotatable bonds is 10. The lowest BCUT2D eigenvalue weighted by molar-refractivity contribution is -0.120. The largest absolute Gasteiger partial charge is 0.461 e. The van der Waals surface area contributed by atoms with Crippen molar-refractivity contribution in [1.82, 2.24) is 15.0 Å². The van der Waals surface area contributed by atoms with Crippen LogP contribution in [0.2, 0.25) is 0 Å². The van der Waals surface area contributed by atoms with Gasteiger partial charge in [-0.05, 0) is 48.7 Å². The molecule has 0 aliphatic rings. The maximum absolute atomic E-state index is 12.6. The van der Waals surface area contributed by atoms with Crippen LogP contribution in [0.15, 0.2) is 77.8 Å². The van der Waals surface area contributed by atoms with E-state index >= 15 is 0 Å². The molecule has 0 fully saturated rings. The summed E-state index contributed by atoms with van der Waals surface area (Å²) in [4.78, 5) is 39.8. The quantitative estimate of drug-likeness (QED) is 0.413. The Morgan fingerprint density at radius 1 is 0.914 bits per heavy atom. The molecule has 0 saturated heterocycles. The van der Waals surface area contributed by atoms with Crippen molar-refractivity contribution < 1.29 is 27.5 Å². The second kappa shape index (κ2) is 11.9. The number of pyridine rings is 1. The zero-order chi connectivity index (χ0) is 25.3. The van der Waals surface area contributed by atoms with Crippen LogP contribution in [0.3, 0.4) is 0 Å². The average molecular weight is 496 g/mol. The van der Waals surface area contributed by atoms with Crippen molar-refractivity contribution in [2.45, 2.75) is 24.7 Å². The molecule has 10 heteroatoms. The van der Waals surface area contributed by atoms with Gasteiger partial charge in [-0.15, -0.1) is 0 Å². The fraction of sp³-hybridized carbons (Fsp3) is 0.200. The molecule has 1 aromatic heterocycles. The highest BCUT2D eigenvalue weighted by Crippen LogP contribution is 2.12. The van der Waals surface area contributed by atoms with Crippen LogP contribution < -0.4 is 10.0 Å². The Bertz CT molecular complexity index is 1280. The minimum Gasteiger partial charge on any atom is -0.461 e. The number of amides is 2. The van der Waals surface area contributed by atoms with E-state index in [1.807, 2.05) is 35.1 Å². The summed E-state index contributed by atoms with van der Waals surface area (Å²) < 4.78 is 32.0. The van der Waals surface area contributed by atoms with E-state index in [0.29, 0.717) is 19.4 Å². The number of carbonyl (C=O) groups is 3. The third-order valence-corrected chi connectivity index (χ3v) is 6.26. The van der Waals surface area contributed by atoms with Crippen molar-refractivity contribution in [3.05, 3.63) is 95.3 Å². The van der Waals surface area contributed by atoms with Gasteiger partial charge in [-0.25, -0.2) is 22.9 Å². The second-order valence-corrected chi connectivity index (χ2v) is 9.18. The number of hydrogen-bond donors (Lipinski definition) is 2. The van der Waals surface area contributed by atoms with Crippen LogP contribution in [-0.2, 0) is 32.4 Å². The molecule has 0 spiro atoms. The maximum Gasteiger partial charge on any atom is 0.356 e. The van der Waals surface area contributed by atoms with E-state index in [4.69, 9.17) is 4.74 Å². The predicted octanol–water partition coefficient (Wildman–Crippen LogP) is 2.28. The zero-order valence-electron chi connectivity index (χ0n) is 19.1. The predicted molar refractivity (Wildman–Crippen MR) is 128 cm³/mol. The van der Waals surface area contributed by atoms with Gasteiger partial charge < -0.3 is 10.1 Å². The van der Waals surface area contributed by atoms with Crippen LogP contribution in [0.4, 0.5) is 0 Å².